The van der Waals surface area contributed by atoms with E-state index in [1.807, 2.05) is 12.1 Å². The summed E-state index contributed by atoms with van der Waals surface area (Å²) in [5, 5.41) is 8.93. The monoisotopic (exact) mass is 269 g/mol. The maximum Gasteiger partial charge on any atom is 0.335 e. The van der Waals surface area contributed by atoms with E-state index in [0.717, 1.165) is 11.1 Å². The standard InChI is InChI=1S/C15H11NO4/c17-15(18)11-3-1-2-10(6-11)8-19-12-4-5-13-14(7-12)20-9-16-13/h1-7,9H,8H2,(H,17,18). The lowest BCUT2D eigenvalue weighted by Crippen LogP contribution is -2.00. The highest BCUT2D eigenvalue weighted by Crippen LogP contribution is 2.20. The second kappa shape index (κ2) is 5.05. The van der Waals surface area contributed by atoms with Gasteiger partial charge in [0.2, 0.25) is 0 Å². The first-order chi connectivity index (χ1) is 9.72. The molecule has 5 nitrogen and oxygen atoms in total. The average molecular weight is 269 g/mol. The van der Waals surface area contributed by atoms with Crippen LogP contribution in [-0.4, -0.2) is 16.1 Å². The molecule has 3 aromatic rings. The summed E-state index contributed by atoms with van der Waals surface area (Å²) in [7, 11) is 0. The van der Waals surface area contributed by atoms with E-state index in [-0.39, 0.29) is 5.56 Å². The molecule has 20 heavy (non-hydrogen) atoms. The highest BCUT2D eigenvalue weighted by Gasteiger charge is 2.05. The van der Waals surface area contributed by atoms with Crippen LogP contribution >= 0.6 is 0 Å². The summed E-state index contributed by atoms with van der Waals surface area (Å²) in [4.78, 5) is 14.9. The predicted molar refractivity (Wildman–Crippen MR) is 71.7 cm³/mol. The normalized spacial score (nSPS) is 10.6. The lowest BCUT2D eigenvalue weighted by Gasteiger charge is -2.06. The van der Waals surface area contributed by atoms with Crippen molar-refractivity contribution < 1.29 is 19.1 Å². The van der Waals surface area contributed by atoms with Crippen LogP contribution in [0.1, 0.15) is 15.9 Å². The van der Waals surface area contributed by atoms with E-state index in [2.05, 4.69) is 4.98 Å². The Morgan fingerprint density at radius 2 is 2.15 bits per heavy atom. The number of rotatable bonds is 4. The molecule has 100 valence electrons. The Labute approximate surface area is 114 Å². The Balaban J connectivity index is 1.75. The molecule has 1 N–H and O–H groups in total. The molecule has 0 fully saturated rings. The van der Waals surface area contributed by atoms with Gasteiger partial charge < -0.3 is 14.3 Å². The molecule has 2 aromatic carbocycles. The molecular weight excluding hydrogens is 258 g/mol. The van der Waals surface area contributed by atoms with Gasteiger partial charge in [-0.1, -0.05) is 12.1 Å². The van der Waals surface area contributed by atoms with Gasteiger partial charge in [0, 0.05) is 6.07 Å². The number of carboxylic acid groups (broad SMARTS) is 1. The van der Waals surface area contributed by atoms with Crippen LogP contribution in [0.25, 0.3) is 11.1 Å². The fourth-order valence-corrected chi connectivity index (χ4v) is 1.89. The number of ether oxygens (including phenoxy) is 1. The lowest BCUT2D eigenvalue weighted by molar-refractivity contribution is 0.0696. The molecule has 1 aromatic heterocycles. The summed E-state index contributed by atoms with van der Waals surface area (Å²) in [6, 6.07) is 12.0. The SMILES string of the molecule is O=C(O)c1cccc(COc2ccc3ncoc3c2)c1. The summed E-state index contributed by atoms with van der Waals surface area (Å²) < 4.78 is 10.8. The van der Waals surface area contributed by atoms with Gasteiger partial charge in [-0.25, -0.2) is 9.78 Å². The third-order valence-electron chi connectivity index (χ3n) is 2.88. The van der Waals surface area contributed by atoms with Crippen molar-refractivity contribution in [2.24, 2.45) is 0 Å². The Morgan fingerprint density at radius 3 is 3.00 bits per heavy atom. The van der Waals surface area contributed by atoms with Crippen molar-refractivity contribution in [3.8, 4) is 5.75 Å². The third kappa shape index (κ3) is 2.47. The molecule has 0 aliphatic carbocycles. The van der Waals surface area contributed by atoms with Crippen LogP contribution in [0.2, 0.25) is 0 Å². The van der Waals surface area contributed by atoms with Crippen molar-refractivity contribution in [3.05, 3.63) is 60.0 Å². The first kappa shape index (κ1) is 12.2. The van der Waals surface area contributed by atoms with Crippen molar-refractivity contribution in [3.63, 3.8) is 0 Å². The van der Waals surface area contributed by atoms with Crippen LogP contribution in [0.5, 0.6) is 5.75 Å². The summed E-state index contributed by atoms with van der Waals surface area (Å²) in [6.45, 7) is 0.292. The average Bonchev–Trinajstić information content (AvgIpc) is 2.93. The van der Waals surface area contributed by atoms with Crippen LogP contribution in [0, 0.1) is 0 Å². The Kier molecular flexibility index (Phi) is 3.09. The number of carbonyl (C=O) groups is 1. The molecular formula is C15H11NO4. The van der Waals surface area contributed by atoms with E-state index in [1.165, 1.54) is 6.39 Å². The van der Waals surface area contributed by atoms with Gasteiger partial charge in [0.15, 0.2) is 12.0 Å². The number of carboxylic acids is 1. The molecule has 0 aliphatic heterocycles. The molecule has 0 radical (unpaired) electrons. The van der Waals surface area contributed by atoms with E-state index in [0.29, 0.717) is 17.9 Å². The van der Waals surface area contributed by atoms with Crippen molar-refractivity contribution in [2.75, 3.05) is 0 Å². The van der Waals surface area contributed by atoms with Gasteiger partial charge in [-0.2, -0.15) is 0 Å². The molecule has 1 heterocycles. The van der Waals surface area contributed by atoms with Crippen molar-refractivity contribution in [1.82, 2.24) is 4.98 Å². The second-order valence-electron chi connectivity index (χ2n) is 4.28. The van der Waals surface area contributed by atoms with Crippen LogP contribution in [-0.2, 0) is 6.61 Å². The number of benzene rings is 2. The van der Waals surface area contributed by atoms with E-state index in [1.54, 1.807) is 30.3 Å². The third-order valence-corrected chi connectivity index (χ3v) is 2.88. The zero-order chi connectivity index (χ0) is 13.9. The van der Waals surface area contributed by atoms with Crippen molar-refractivity contribution >= 4 is 17.1 Å². The van der Waals surface area contributed by atoms with Gasteiger partial charge in [-0.05, 0) is 29.8 Å². The minimum Gasteiger partial charge on any atom is -0.489 e. The van der Waals surface area contributed by atoms with Gasteiger partial charge in [0.25, 0.3) is 0 Å². The number of fused-ring (bicyclic) bond motifs is 1. The number of hydrogen-bond acceptors (Lipinski definition) is 4. The van der Waals surface area contributed by atoms with Crippen LogP contribution in [0.3, 0.4) is 0 Å². The zero-order valence-electron chi connectivity index (χ0n) is 10.4. The van der Waals surface area contributed by atoms with Gasteiger partial charge in [0.1, 0.15) is 17.9 Å². The van der Waals surface area contributed by atoms with E-state index in [4.69, 9.17) is 14.3 Å². The summed E-state index contributed by atoms with van der Waals surface area (Å²) in [5.41, 5.74) is 2.46. The first-order valence-electron chi connectivity index (χ1n) is 6.01. The van der Waals surface area contributed by atoms with Crippen molar-refractivity contribution in [1.29, 1.82) is 0 Å². The van der Waals surface area contributed by atoms with Gasteiger partial charge in [-0.15, -0.1) is 0 Å². The number of aromatic carboxylic acids is 1. The quantitative estimate of drug-likeness (QED) is 0.787. The summed E-state index contributed by atoms with van der Waals surface area (Å²) in [5.74, 6) is -0.301. The first-order valence-corrected chi connectivity index (χ1v) is 6.01. The number of oxazole rings is 1. The molecule has 0 saturated heterocycles. The van der Waals surface area contributed by atoms with E-state index < -0.39 is 5.97 Å². The number of aromatic nitrogens is 1. The highest BCUT2D eigenvalue weighted by atomic mass is 16.5. The highest BCUT2D eigenvalue weighted by molar-refractivity contribution is 5.87. The molecule has 0 saturated carbocycles. The van der Waals surface area contributed by atoms with Gasteiger partial charge in [0.05, 0.1) is 5.56 Å². The second-order valence-corrected chi connectivity index (χ2v) is 4.28. The molecule has 0 unspecified atom stereocenters. The largest absolute Gasteiger partial charge is 0.489 e. The fourth-order valence-electron chi connectivity index (χ4n) is 1.89. The smallest absolute Gasteiger partial charge is 0.335 e. The number of nitrogens with zero attached hydrogens (tertiary/aromatic N) is 1. The fraction of sp³-hybridized carbons (Fsp3) is 0.0667. The predicted octanol–water partition coefficient (Wildman–Crippen LogP) is 3.11. The van der Waals surface area contributed by atoms with E-state index >= 15 is 0 Å². The van der Waals surface area contributed by atoms with Crippen LogP contribution < -0.4 is 4.74 Å². The lowest BCUT2D eigenvalue weighted by atomic mass is 10.1. The van der Waals surface area contributed by atoms with Crippen LogP contribution in [0.4, 0.5) is 0 Å². The molecule has 5 heteroatoms. The molecule has 0 aliphatic rings. The zero-order valence-corrected chi connectivity index (χ0v) is 10.4. The maximum atomic E-state index is 10.9. The maximum absolute atomic E-state index is 10.9. The number of hydrogen-bond donors (Lipinski definition) is 1. The summed E-state index contributed by atoms with van der Waals surface area (Å²) >= 11 is 0. The van der Waals surface area contributed by atoms with E-state index in [9.17, 15) is 4.79 Å². The minimum atomic E-state index is -0.949. The molecule has 0 spiro atoms. The molecule has 3 rings (SSSR count). The summed E-state index contributed by atoms with van der Waals surface area (Å²) in [6.07, 6.45) is 1.38. The van der Waals surface area contributed by atoms with Crippen molar-refractivity contribution in [2.45, 2.75) is 6.61 Å². The van der Waals surface area contributed by atoms with Gasteiger partial charge >= 0.3 is 5.97 Å². The minimum absolute atomic E-state index is 0.247. The Bertz CT molecular complexity index is 763. The van der Waals surface area contributed by atoms with Gasteiger partial charge in [-0.3, -0.25) is 0 Å². The topological polar surface area (TPSA) is 72.6 Å². The molecule has 0 amide bonds. The molecule has 0 bridgehead atoms. The molecule has 0 atom stereocenters. The Morgan fingerprint density at radius 1 is 1.25 bits per heavy atom. The Hall–Kier alpha value is -2.82. The van der Waals surface area contributed by atoms with Crippen LogP contribution in [0.15, 0.2) is 53.3 Å².